The van der Waals surface area contributed by atoms with E-state index in [-0.39, 0.29) is 6.04 Å². The van der Waals surface area contributed by atoms with Crippen molar-refractivity contribution in [1.29, 1.82) is 0 Å². The van der Waals surface area contributed by atoms with Crippen LogP contribution in [0.5, 0.6) is 11.5 Å². The lowest BCUT2D eigenvalue weighted by molar-refractivity contribution is 0.0708. The van der Waals surface area contributed by atoms with Gasteiger partial charge in [0.2, 0.25) is 0 Å². The minimum atomic E-state index is 0.185. The maximum atomic E-state index is 5.51. The molecular weight excluding hydrogens is 280 g/mol. The number of hydrogen-bond acceptors (Lipinski definition) is 5. The van der Waals surface area contributed by atoms with Crippen LogP contribution < -0.4 is 20.1 Å². The van der Waals surface area contributed by atoms with Crippen LogP contribution in [0.4, 0.5) is 0 Å². The molecule has 2 rings (SSSR count). The maximum absolute atomic E-state index is 5.51. The van der Waals surface area contributed by atoms with E-state index in [2.05, 4.69) is 24.5 Å². The first-order chi connectivity index (χ1) is 10.6. The summed E-state index contributed by atoms with van der Waals surface area (Å²) in [6, 6.07) is 6.89. The Kier molecular flexibility index (Phi) is 6.49. The molecular formula is C17H28N2O3. The molecule has 5 nitrogen and oxygen atoms in total. The second-order valence-corrected chi connectivity index (χ2v) is 5.86. The van der Waals surface area contributed by atoms with Gasteiger partial charge in [-0.15, -0.1) is 0 Å². The van der Waals surface area contributed by atoms with Crippen molar-refractivity contribution in [2.24, 2.45) is 0 Å². The molecule has 0 saturated carbocycles. The number of nitrogens with one attached hydrogen (secondary N) is 2. The monoisotopic (exact) mass is 308 g/mol. The van der Waals surface area contributed by atoms with E-state index in [1.165, 1.54) is 0 Å². The van der Waals surface area contributed by atoms with Crippen molar-refractivity contribution in [3.63, 3.8) is 0 Å². The zero-order chi connectivity index (χ0) is 15.9. The molecule has 0 radical (unpaired) electrons. The first kappa shape index (κ1) is 17.1. The molecule has 3 atom stereocenters. The van der Waals surface area contributed by atoms with Gasteiger partial charge < -0.3 is 24.8 Å². The number of morpholine rings is 1. The Morgan fingerprint density at radius 3 is 2.77 bits per heavy atom. The number of ether oxygens (including phenoxy) is 3. The van der Waals surface area contributed by atoms with Gasteiger partial charge in [0.05, 0.1) is 27.4 Å². The van der Waals surface area contributed by atoms with Crippen LogP contribution in [0.15, 0.2) is 18.2 Å². The Balaban J connectivity index is 1.96. The van der Waals surface area contributed by atoms with Crippen molar-refractivity contribution in [1.82, 2.24) is 10.6 Å². The van der Waals surface area contributed by atoms with Crippen LogP contribution >= 0.6 is 0 Å². The van der Waals surface area contributed by atoms with Gasteiger partial charge in [0, 0.05) is 30.2 Å². The van der Waals surface area contributed by atoms with Gasteiger partial charge >= 0.3 is 0 Å². The molecule has 2 N–H and O–H groups in total. The molecule has 0 spiro atoms. The Labute approximate surface area is 133 Å². The zero-order valence-electron chi connectivity index (χ0n) is 14.0. The molecule has 5 heteroatoms. The van der Waals surface area contributed by atoms with Crippen molar-refractivity contribution < 1.29 is 14.2 Å². The van der Waals surface area contributed by atoms with E-state index in [9.17, 15) is 0 Å². The van der Waals surface area contributed by atoms with E-state index in [0.717, 1.165) is 43.2 Å². The molecule has 1 saturated heterocycles. The van der Waals surface area contributed by atoms with Gasteiger partial charge in [-0.2, -0.15) is 0 Å². The number of benzene rings is 1. The molecule has 1 heterocycles. The molecule has 1 aliphatic heterocycles. The average molecular weight is 308 g/mol. The quantitative estimate of drug-likeness (QED) is 0.808. The van der Waals surface area contributed by atoms with Crippen LogP contribution in [-0.4, -0.2) is 46.1 Å². The van der Waals surface area contributed by atoms with Gasteiger partial charge in [0.15, 0.2) is 0 Å². The van der Waals surface area contributed by atoms with Gasteiger partial charge in [0.25, 0.3) is 0 Å². The molecule has 0 aliphatic carbocycles. The standard InChI is InChI=1S/C17H28N2O3/c1-12(9-14-11-22-8-7-18-14)19-13(2)16-10-15(20-3)5-6-17(16)21-4/h5-6,10,12-14,18-19H,7-9,11H2,1-4H3. The third-order valence-electron chi connectivity index (χ3n) is 4.07. The predicted octanol–water partition coefficient (Wildman–Crippen LogP) is 2.12. The minimum absolute atomic E-state index is 0.185. The Morgan fingerprint density at radius 1 is 1.32 bits per heavy atom. The summed E-state index contributed by atoms with van der Waals surface area (Å²) >= 11 is 0. The molecule has 124 valence electrons. The van der Waals surface area contributed by atoms with Crippen LogP contribution in [0.2, 0.25) is 0 Å². The second-order valence-electron chi connectivity index (χ2n) is 5.86. The lowest BCUT2D eigenvalue weighted by Gasteiger charge is -2.28. The van der Waals surface area contributed by atoms with Crippen molar-refractivity contribution in [3.8, 4) is 11.5 Å². The third kappa shape index (κ3) is 4.60. The fraction of sp³-hybridized carbons (Fsp3) is 0.647. The first-order valence-corrected chi connectivity index (χ1v) is 7.93. The molecule has 1 fully saturated rings. The van der Waals surface area contributed by atoms with Crippen LogP contribution in [0.1, 0.15) is 31.9 Å². The van der Waals surface area contributed by atoms with E-state index in [1.807, 2.05) is 18.2 Å². The Morgan fingerprint density at radius 2 is 2.14 bits per heavy atom. The molecule has 1 aromatic rings. The molecule has 0 aromatic heterocycles. The summed E-state index contributed by atoms with van der Waals surface area (Å²) in [6.45, 7) is 6.91. The van der Waals surface area contributed by atoms with Gasteiger partial charge in [-0.3, -0.25) is 0 Å². The summed E-state index contributed by atoms with van der Waals surface area (Å²) in [5.74, 6) is 1.73. The molecule has 0 amide bonds. The summed E-state index contributed by atoms with van der Waals surface area (Å²) in [5, 5.41) is 7.13. The third-order valence-corrected chi connectivity index (χ3v) is 4.07. The molecule has 1 aliphatic rings. The van der Waals surface area contributed by atoms with Crippen molar-refractivity contribution in [3.05, 3.63) is 23.8 Å². The van der Waals surface area contributed by atoms with Gasteiger partial charge in [-0.05, 0) is 38.5 Å². The number of rotatable bonds is 7. The number of hydrogen-bond donors (Lipinski definition) is 2. The first-order valence-electron chi connectivity index (χ1n) is 7.93. The molecule has 0 bridgehead atoms. The van der Waals surface area contributed by atoms with E-state index < -0.39 is 0 Å². The van der Waals surface area contributed by atoms with E-state index >= 15 is 0 Å². The van der Waals surface area contributed by atoms with Gasteiger partial charge in [-0.25, -0.2) is 0 Å². The fourth-order valence-electron chi connectivity index (χ4n) is 2.96. The second kappa shape index (κ2) is 8.36. The van der Waals surface area contributed by atoms with Crippen LogP contribution in [0, 0.1) is 0 Å². The highest BCUT2D eigenvalue weighted by molar-refractivity contribution is 5.42. The average Bonchev–Trinajstić information content (AvgIpc) is 2.54. The highest BCUT2D eigenvalue weighted by Crippen LogP contribution is 2.29. The Hall–Kier alpha value is -1.30. The molecule has 22 heavy (non-hydrogen) atoms. The zero-order valence-corrected chi connectivity index (χ0v) is 14.0. The summed E-state index contributed by atoms with van der Waals surface area (Å²) in [6.07, 6.45) is 1.04. The van der Waals surface area contributed by atoms with E-state index in [4.69, 9.17) is 14.2 Å². The SMILES string of the molecule is COc1ccc(OC)c(C(C)NC(C)CC2COCCN2)c1. The van der Waals surface area contributed by atoms with Gasteiger partial charge in [0.1, 0.15) is 11.5 Å². The van der Waals surface area contributed by atoms with Crippen molar-refractivity contribution in [2.45, 2.75) is 38.4 Å². The largest absolute Gasteiger partial charge is 0.497 e. The maximum Gasteiger partial charge on any atom is 0.123 e. The van der Waals surface area contributed by atoms with Gasteiger partial charge in [-0.1, -0.05) is 0 Å². The summed E-state index contributed by atoms with van der Waals surface area (Å²) in [7, 11) is 3.38. The summed E-state index contributed by atoms with van der Waals surface area (Å²) in [4.78, 5) is 0. The normalized spacial score (nSPS) is 21.2. The lowest BCUT2D eigenvalue weighted by atomic mass is 10.0. The predicted molar refractivity (Wildman–Crippen MR) is 87.8 cm³/mol. The Bertz CT molecular complexity index is 461. The number of methoxy groups -OCH3 is 2. The lowest BCUT2D eigenvalue weighted by Crippen LogP contribution is -2.45. The summed E-state index contributed by atoms with van der Waals surface area (Å²) < 4.78 is 16.3. The smallest absolute Gasteiger partial charge is 0.123 e. The topological polar surface area (TPSA) is 51.8 Å². The fourth-order valence-corrected chi connectivity index (χ4v) is 2.96. The molecule has 3 unspecified atom stereocenters. The highest BCUT2D eigenvalue weighted by Gasteiger charge is 2.19. The molecule has 1 aromatic carbocycles. The van der Waals surface area contributed by atoms with E-state index in [1.54, 1.807) is 14.2 Å². The summed E-state index contributed by atoms with van der Waals surface area (Å²) in [5.41, 5.74) is 1.11. The van der Waals surface area contributed by atoms with Crippen LogP contribution in [0.25, 0.3) is 0 Å². The van der Waals surface area contributed by atoms with Crippen molar-refractivity contribution >= 4 is 0 Å². The highest BCUT2D eigenvalue weighted by atomic mass is 16.5. The van der Waals surface area contributed by atoms with Crippen LogP contribution in [0.3, 0.4) is 0 Å². The van der Waals surface area contributed by atoms with E-state index in [0.29, 0.717) is 12.1 Å². The van der Waals surface area contributed by atoms with Crippen molar-refractivity contribution in [2.75, 3.05) is 34.0 Å². The van der Waals surface area contributed by atoms with Crippen LogP contribution in [-0.2, 0) is 4.74 Å². The minimum Gasteiger partial charge on any atom is -0.497 e.